The van der Waals surface area contributed by atoms with Crippen molar-refractivity contribution in [3.8, 4) is 0 Å². The molecule has 2 amide bonds. The molecule has 152 valence electrons. The monoisotopic (exact) mass is 456 g/mol. The van der Waals surface area contributed by atoms with E-state index in [0.29, 0.717) is 19.6 Å². The molecule has 2 aliphatic heterocycles. The molecular weight excluding hydrogens is 432 g/mol. The van der Waals surface area contributed by atoms with Crippen LogP contribution < -0.4 is 0 Å². The van der Waals surface area contributed by atoms with Crippen LogP contribution in [0.3, 0.4) is 0 Å². The summed E-state index contributed by atoms with van der Waals surface area (Å²) >= 11 is 3.46. The van der Waals surface area contributed by atoms with Crippen LogP contribution in [0.5, 0.6) is 0 Å². The highest BCUT2D eigenvalue weighted by Gasteiger charge is 2.44. The molecule has 2 atom stereocenters. The third-order valence-electron chi connectivity index (χ3n) is 5.47. The van der Waals surface area contributed by atoms with E-state index in [-0.39, 0.29) is 24.0 Å². The van der Waals surface area contributed by atoms with Crippen LogP contribution in [0.15, 0.2) is 53.0 Å². The number of likely N-dealkylation sites (tertiary alicyclic amines) is 1. The van der Waals surface area contributed by atoms with Gasteiger partial charge in [0, 0.05) is 35.6 Å². The van der Waals surface area contributed by atoms with E-state index in [0.717, 1.165) is 21.2 Å². The van der Waals surface area contributed by atoms with Crippen LogP contribution in [-0.2, 0) is 11.3 Å². The average Bonchev–Trinajstić information content (AvgIpc) is 3.23. The second-order valence-electron chi connectivity index (χ2n) is 8.70. The zero-order valence-electron chi connectivity index (χ0n) is 16.9. The third kappa shape index (κ3) is 4.04. The van der Waals surface area contributed by atoms with E-state index in [4.69, 9.17) is 4.74 Å². The number of carbonyl (C=O) groups excluding carboxylic acids is 2. The molecule has 0 saturated carbocycles. The van der Waals surface area contributed by atoms with Gasteiger partial charge in [-0.2, -0.15) is 0 Å². The van der Waals surface area contributed by atoms with Crippen LogP contribution in [0, 0.1) is 0 Å². The molecule has 0 radical (unpaired) electrons. The normalized spacial score (nSPS) is 21.4. The van der Waals surface area contributed by atoms with E-state index in [1.54, 1.807) is 4.90 Å². The highest BCUT2D eigenvalue weighted by Crippen LogP contribution is 2.37. The Hall–Kier alpha value is -2.34. The first-order chi connectivity index (χ1) is 13.7. The summed E-state index contributed by atoms with van der Waals surface area (Å²) in [5, 5.41) is 0. The van der Waals surface area contributed by atoms with Gasteiger partial charge in [0.05, 0.1) is 6.04 Å². The summed E-state index contributed by atoms with van der Waals surface area (Å²) in [7, 11) is 0. The first-order valence-corrected chi connectivity index (χ1v) is 10.6. The minimum atomic E-state index is -0.552. The summed E-state index contributed by atoms with van der Waals surface area (Å²) < 4.78 is 6.49. The number of amides is 2. The number of hydrogen-bond donors (Lipinski definition) is 0. The topological polar surface area (TPSA) is 49.9 Å². The number of ether oxygens (including phenoxy) is 1. The van der Waals surface area contributed by atoms with Crippen molar-refractivity contribution < 1.29 is 14.3 Å². The van der Waals surface area contributed by atoms with Gasteiger partial charge in [-0.3, -0.25) is 4.79 Å². The Kier molecular flexibility index (Phi) is 5.15. The van der Waals surface area contributed by atoms with Gasteiger partial charge in [0.1, 0.15) is 5.60 Å². The fraction of sp³-hybridized carbons (Fsp3) is 0.391. The molecule has 0 spiro atoms. The largest absolute Gasteiger partial charge is 0.444 e. The van der Waals surface area contributed by atoms with E-state index < -0.39 is 5.60 Å². The Morgan fingerprint density at radius 1 is 1.10 bits per heavy atom. The van der Waals surface area contributed by atoms with Gasteiger partial charge in [0.2, 0.25) is 0 Å². The third-order valence-corrected chi connectivity index (χ3v) is 5.97. The van der Waals surface area contributed by atoms with Crippen molar-refractivity contribution in [1.29, 1.82) is 0 Å². The Morgan fingerprint density at radius 3 is 2.52 bits per heavy atom. The second-order valence-corrected chi connectivity index (χ2v) is 9.62. The van der Waals surface area contributed by atoms with Gasteiger partial charge < -0.3 is 14.5 Å². The van der Waals surface area contributed by atoms with Crippen molar-refractivity contribution in [3.05, 3.63) is 69.7 Å². The summed E-state index contributed by atoms with van der Waals surface area (Å²) in [5.74, 6) is 0.0729. The van der Waals surface area contributed by atoms with Gasteiger partial charge in [-0.05, 0) is 44.0 Å². The Morgan fingerprint density at radius 2 is 1.83 bits per heavy atom. The molecule has 0 bridgehead atoms. The van der Waals surface area contributed by atoms with Gasteiger partial charge in [-0.25, -0.2) is 4.79 Å². The molecule has 5 nitrogen and oxygen atoms in total. The maximum absolute atomic E-state index is 13.2. The summed E-state index contributed by atoms with van der Waals surface area (Å²) in [6.45, 7) is 7.17. The lowest BCUT2D eigenvalue weighted by Crippen LogP contribution is -2.41. The molecule has 4 rings (SSSR count). The SMILES string of the molecule is CC(C)(C)OC(=O)N1C[C@@H](N2Cc3ccc(Br)cc3C2=O)[C@H](c2ccccc2)C1. The number of rotatable bonds is 2. The van der Waals surface area contributed by atoms with Crippen LogP contribution in [0.1, 0.15) is 48.2 Å². The average molecular weight is 457 g/mol. The Bertz CT molecular complexity index is 939. The summed E-state index contributed by atoms with van der Waals surface area (Å²) in [6, 6.07) is 15.9. The molecule has 0 unspecified atom stereocenters. The van der Waals surface area contributed by atoms with E-state index in [1.165, 1.54) is 0 Å². The zero-order chi connectivity index (χ0) is 20.8. The molecule has 6 heteroatoms. The molecule has 1 fully saturated rings. The van der Waals surface area contributed by atoms with Gasteiger partial charge in [0.25, 0.3) is 5.91 Å². The van der Waals surface area contributed by atoms with Crippen LogP contribution in [0.25, 0.3) is 0 Å². The first kappa shape index (κ1) is 20.0. The van der Waals surface area contributed by atoms with Crippen molar-refractivity contribution >= 4 is 27.9 Å². The Balaban J connectivity index is 1.63. The van der Waals surface area contributed by atoms with E-state index in [1.807, 2.05) is 62.1 Å². The predicted octanol–water partition coefficient (Wildman–Crippen LogP) is 4.81. The quantitative estimate of drug-likeness (QED) is 0.651. The molecule has 0 aliphatic carbocycles. The van der Waals surface area contributed by atoms with Crippen LogP contribution in [-0.4, -0.2) is 46.5 Å². The highest BCUT2D eigenvalue weighted by atomic mass is 79.9. The minimum Gasteiger partial charge on any atom is -0.444 e. The molecular formula is C23H25BrN2O3. The smallest absolute Gasteiger partial charge is 0.410 e. The fourth-order valence-electron chi connectivity index (χ4n) is 4.17. The minimum absolute atomic E-state index is 0.0262. The van der Waals surface area contributed by atoms with Crippen LogP contribution in [0.4, 0.5) is 4.79 Å². The van der Waals surface area contributed by atoms with E-state index in [2.05, 4.69) is 28.1 Å². The lowest BCUT2D eigenvalue weighted by atomic mass is 9.93. The maximum atomic E-state index is 13.2. The van der Waals surface area contributed by atoms with E-state index in [9.17, 15) is 9.59 Å². The molecule has 2 aliphatic rings. The summed E-state index contributed by atoms with van der Waals surface area (Å²) in [5.41, 5.74) is 2.35. The van der Waals surface area contributed by atoms with Gasteiger partial charge in [-0.15, -0.1) is 0 Å². The summed E-state index contributed by atoms with van der Waals surface area (Å²) in [4.78, 5) is 29.6. The van der Waals surface area contributed by atoms with Gasteiger partial charge in [0.15, 0.2) is 0 Å². The lowest BCUT2D eigenvalue weighted by Gasteiger charge is -2.29. The molecule has 2 heterocycles. The molecule has 2 aromatic carbocycles. The zero-order valence-corrected chi connectivity index (χ0v) is 18.5. The first-order valence-electron chi connectivity index (χ1n) is 9.85. The number of nitrogens with zero attached hydrogens (tertiary/aromatic N) is 2. The second kappa shape index (κ2) is 7.48. The number of benzene rings is 2. The predicted molar refractivity (Wildman–Crippen MR) is 115 cm³/mol. The number of hydrogen-bond acceptors (Lipinski definition) is 3. The lowest BCUT2D eigenvalue weighted by molar-refractivity contribution is 0.0276. The van der Waals surface area contributed by atoms with Crippen molar-refractivity contribution in [2.75, 3.05) is 13.1 Å². The van der Waals surface area contributed by atoms with Crippen molar-refractivity contribution in [1.82, 2.24) is 9.80 Å². The molecule has 2 aromatic rings. The maximum Gasteiger partial charge on any atom is 0.410 e. The van der Waals surface area contributed by atoms with Crippen LogP contribution >= 0.6 is 15.9 Å². The summed E-state index contributed by atoms with van der Waals surface area (Å²) in [6.07, 6.45) is -0.326. The Labute approximate surface area is 179 Å². The number of halogens is 1. The molecule has 1 saturated heterocycles. The standard InChI is InChI=1S/C23H25BrN2O3/c1-23(2,3)29-22(28)25-13-19(15-7-5-4-6-8-15)20(14-25)26-12-16-9-10-17(24)11-18(16)21(26)27/h4-11,19-20H,12-14H2,1-3H3/t19-,20+/m0/s1. The number of carbonyl (C=O) groups is 2. The van der Waals surface area contributed by atoms with E-state index >= 15 is 0 Å². The highest BCUT2D eigenvalue weighted by molar-refractivity contribution is 9.10. The van der Waals surface area contributed by atoms with Crippen molar-refractivity contribution in [2.45, 2.75) is 44.9 Å². The van der Waals surface area contributed by atoms with Crippen molar-refractivity contribution in [2.24, 2.45) is 0 Å². The van der Waals surface area contributed by atoms with Crippen LogP contribution in [0.2, 0.25) is 0 Å². The molecule has 0 aromatic heterocycles. The fourth-order valence-corrected chi connectivity index (χ4v) is 4.53. The molecule has 29 heavy (non-hydrogen) atoms. The molecule has 0 N–H and O–H groups in total. The van der Waals surface area contributed by atoms with Gasteiger partial charge in [-0.1, -0.05) is 52.3 Å². The van der Waals surface area contributed by atoms with Crippen molar-refractivity contribution in [3.63, 3.8) is 0 Å². The van der Waals surface area contributed by atoms with Gasteiger partial charge >= 0.3 is 6.09 Å². The number of fused-ring (bicyclic) bond motifs is 1.